The highest BCUT2D eigenvalue weighted by molar-refractivity contribution is 7.22. The molecular formula is C14H17ClFN3O2S. The van der Waals surface area contributed by atoms with Crippen molar-refractivity contribution in [1.82, 2.24) is 9.88 Å². The van der Waals surface area contributed by atoms with Gasteiger partial charge in [-0.3, -0.25) is 0 Å². The van der Waals surface area contributed by atoms with Gasteiger partial charge < -0.3 is 14.5 Å². The van der Waals surface area contributed by atoms with E-state index in [0.717, 1.165) is 15.3 Å². The van der Waals surface area contributed by atoms with Gasteiger partial charge in [-0.05, 0) is 25.1 Å². The Morgan fingerprint density at radius 1 is 1.36 bits per heavy atom. The summed E-state index contributed by atoms with van der Waals surface area (Å²) in [7, 11) is 0. The number of amides is 1. The van der Waals surface area contributed by atoms with Crippen molar-refractivity contribution in [1.29, 1.82) is 0 Å². The molecule has 0 bridgehead atoms. The van der Waals surface area contributed by atoms with Gasteiger partial charge in [0, 0.05) is 26.2 Å². The van der Waals surface area contributed by atoms with Crippen LogP contribution in [0.5, 0.6) is 0 Å². The first-order valence-electron chi connectivity index (χ1n) is 6.90. The maximum atomic E-state index is 13.2. The van der Waals surface area contributed by atoms with Crippen LogP contribution in [0.2, 0.25) is 0 Å². The minimum absolute atomic E-state index is 0. The van der Waals surface area contributed by atoms with Crippen LogP contribution >= 0.6 is 23.7 Å². The third-order valence-electron chi connectivity index (χ3n) is 3.42. The molecule has 1 amide bonds. The highest BCUT2D eigenvalue weighted by atomic mass is 35.5. The van der Waals surface area contributed by atoms with Crippen molar-refractivity contribution in [2.75, 3.05) is 37.7 Å². The van der Waals surface area contributed by atoms with Crippen LogP contribution in [-0.2, 0) is 4.74 Å². The Hall–Kier alpha value is -1.60. The number of thiazole rings is 1. The standard InChI is InChI=1S/C14H16FN3O2S.ClH/c1-2-20-14(19)18-7-5-17(6-8-18)13-16-11-4-3-10(15)9-12(11)21-13;/h3-4,9H,2,5-8H2,1H3;1H. The highest BCUT2D eigenvalue weighted by Crippen LogP contribution is 2.29. The molecule has 1 aromatic carbocycles. The van der Waals surface area contributed by atoms with Gasteiger partial charge in [0.2, 0.25) is 0 Å². The summed E-state index contributed by atoms with van der Waals surface area (Å²) in [6.45, 7) is 4.84. The summed E-state index contributed by atoms with van der Waals surface area (Å²) in [4.78, 5) is 20.0. The third-order valence-corrected chi connectivity index (χ3v) is 4.49. The zero-order chi connectivity index (χ0) is 14.8. The van der Waals surface area contributed by atoms with Crippen LogP contribution in [0.4, 0.5) is 14.3 Å². The van der Waals surface area contributed by atoms with Crippen LogP contribution in [0, 0.1) is 5.82 Å². The van der Waals surface area contributed by atoms with E-state index < -0.39 is 0 Å². The Kier molecular flexibility index (Phi) is 5.42. The molecule has 1 aliphatic rings. The number of carbonyl (C=O) groups is 1. The van der Waals surface area contributed by atoms with Crippen LogP contribution in [0.25, 0.3) is 10.2 Å². The predicted octanol–water partition coefficient (Wildman–Crippen LogP) is 3.14. The van der Waals surface area contributed by atoms with E-state index in [9.17, 15) is 9.18 Å². The summed E-state index contributed by atoms with van der Waals surface area (Å²) in [6.07, 6.45) is -0.261. The number of piperazine rings is 1. The molecule has 8 heteroatoms. The van der Waals surface area contributed by atoms with E-state index in [1.807, 2.05) is 0 Å². The largest absolute Gasteiger partial charge is 0.450 e. The number of carbonyl (C=O) groups excluding carboxylic acids is 1. The molecule has 1 aliphatic heterocycles. The molecule has 0 spiro atoms. The number of fused-ring (bicyclic) bond motifs is 1. The summed E-state index contributed by atoms with van der Waals surface area (Å²) in [5, 5.41) is 0.874. The van der Waals surface area contributed by atoms with Crippen molar-refractivity contribution < 1.29 is 13.9 Å². The molecule has 2 heterocycles. The molecule has 0 aliphatic carbocycles. The van der Waals surface area contributed by atoms with Crippen molar-refractivity contribution >= 4 is 45.2 Å². The molecule has 0 radical (unpaired) electrons. The quantitative estimate of drug-likeness (QED) is 0.839. The van der Waals surface area contributed by atoms with E-state index in [2.05, 4.69) is 9.88 Å². The van der Waals surface area contributed by atoms with E-state index in [1.165, 1.54) is 23.5 Å². The Morgan fingerprint density at radius 2 is 2.09 bits per heavy atom. The average Bonchev–Trinajstić information content (AvgIpc) is 2.90. The van der Waals surface area contributed by atoms with Crippen molar-refractivity contribution in [3.8, 4) is 0 Å². The smallest absolute Gasteiger partial charge is 0.409 e. The number of rotatable bonds is 2. The Balaban J connectivity index is 0.00000176. The SMILES string of the molecule is CCOC(=O)N1CCN(c2nc3ccc(F)cc3s2)CC1.Cl. The molecule has 1 fully saturated rings. The molecule has 3 rings (SSSR count). The molecule has 120 valence electrons. The van der Waals surface area contributed by atoms with Gasteiger partial charge in [-0.15, -0.1) is 12.4 Å². The van der Waals surface area contributed by atoms with Crippen LogP contribution in [0.15, 0.2) is 18.2 Å². The summed E-state index contributed by atoms with van der Waals surface area (Å²) < 4.78 is 19.1. The van der Waals surface area contributed by atoms with Gasteiger partial charge in [-0.1, -0.05) is 11.3 Å². The summed E-state index contributed by atoms with van der Waals surface area (Å²) >= 11 is 1.48. The minimum Gasteiger partial charge on any atom is -0.450 e. The van der Waals surface area contributed by atoms with Crippen LogP contribution in [0.1, 0.15) is 6.92 Å². The van der Waals surface area contributed by atoms with E-state index in [1.54, 1.807) is 17.9 Å². The van der Waals surface area contributed by atoms with Gasteiger partial charge in [0.1, 0.15) is 5.82 Å². The second kappa shape index (κ2) is 7.11. The fourth-order valence-corrected chi connectivity index (χ4v) is 3.36. The van der Waals surface area contributed by atoms with E-state index in [0.29, 0.717) is 32.8 Å². The van der Waals surface area contributed by atoms with Crippen LogP contribution in [-0.4, -0.2) is 48.8 Å². The number of aromatic nitrogens is 1. The van der Waals surface area contributed by atoms with Crippen molar-refractivity contribution in [3.05, 3.63) is 24.0 Å². The molecule has 22 heavy (non-hydrogen) atoms. The van der Waals surface area contributed by atoms with Gasteiger partial charge in [0.25, 0.3) is 0 Å². The lowest BCUT2D eigenvalue weighted by molar-refractivity contribution is 0.105. The van der Waals surface area contributed by atoms with E-state index in [4.69, 9.17) is 4.74 Å². The van der Waals surface area contributed by atoms with Crippen molar-refractivity contribution in [2.24, 2.45) is 0 Å². The maximum Gasteiger partial charge on any atom is 0.409 e. The number of halogens is 2. The van der Waals surface area contributed by atoms with E-state index >= 15 is 0 Å². The zero-order valence-electron chi connectivity index (χ0n) is 12.1. The molecule has 0 atom stereocenters. The monoisotopic (exact) mass is 345 g/mol. The highest BCUT2D eigenvalue weighted by Gasteiger charge is 2.23. The van der Waals surface area contributed by atoms with Crippen molar-refractivity contribution in [2.45, 2.75) is 6.92 Å². The number of hydrogen-bond donors (Lipinski definition) is 0. The molecule has 0 N–H and O–H groups in total. The van der Waals surface area contributed by atoms with E-state index in [-0.39, 0.29) is 24.3 Å². The molecular weight excluding hydrogens is 329 g/mol. The van der Waals surface area contributed by atoms with Gasteiger partial charge in [-0.25, -0.2) is 14.2 Å². The Bertz CT molecular complexity index is 659. The summed E-state index contributed by atoms with van der Waals surface area (Å²) in [5.74, 6) is -0.246. The second-order valence-electron chi connectivity index (χ2n) is 4.78. The first-order chi connectivity index (χ1) is 10.2. The number of ether oxygens (including phenoxy) is 1. The lowest BCUT2D eigenvalue weighted by Crippen LogP contribution is -2.48. The number of benzene rings is 1. The van der Waals surface area contributed by atoms with Gasteiger partial charge >= 0.3 is 6.09 Å². The first-order valence-corrected chi connectivity index (χ1v) is 7.72. The molecule has 5 nitrogen and oxygen atoms in total. The lowest BCUT2D eigenvalue weighted by Gasteiger charge is -2.33. The normalized spacial score (nSPS) is 14.8. The minimum atomic E-state index is -0.261. The topological polar surface area (TPSA) is 45.7 Å². The molecule has 1 saturated heterocycles. The average molecular weight is 346 g/mol. The summed E-state index contributed by atoms with van der Waals surface area (Å²) in [6, 6.07) is 4.62. The molecule has 1 aromatic heterocycles. The fraction of sp³-hybridized carbons (Fsp3) is 0.429. The molecule has 2 aromatic rings. The summed E-state index contributed by atoms with van der Waals surface area (Å²) in [5.41, 5.74) is 0.809. The maximum absolute atomic E-state index is 13.2. The first kappa shape index (κ1) is 16.8. The van der Waals surface area contributed by atoms with Crippen LogP contribution < -0.4 is 4.90 Å². The predicted molar refractivity (Wildman–Crippen MR) is 87.6 cm³/mol. The molecule has 0 unspecified atom stereocenters. The molecule has 0 saturated carbocycles. The van der Waals surface area contributed by atoms with Gasteiger partial charge in [0.05, 0.1) is 16.8 Å². The van der Waals surface area contributed by atoms with Crippen LogP contribution in [0.3, 0.4) is 0 Å². The van der Waals surface area contributed by atoms with Gasteiger partial charge in [-0.2, -0.15) is 0 Å². The zero-order valence-corrected chi connectivity index (χ0v) is 13.8. The lowest BCUT2D eigenvalue weighted by atomic mass is 10.3. The van der Waals surface area contributed by atoms with Crippen molar-refractivity contribution in [3.63, 3.8) is 0 Å². The second-order valence-corrected chi connectivity index (χ2v) is 5.79. The third kappa shape index (κ3) is 3.41. The number of hydrogen-bond acceptors (Lipinski definition) is 5. The Labute approximate surface area is 138 Å². The number of anilines is 1. The number of nitrogens with zero attached hydrogens (tertiary/aromatic N) is 3. The van der Waals surface area contributed by atoms with Gasteiger partial charge in [0.15, 0.2) is 5.13 Å². The fourth-order valence-electron chi connectivity index (χ4n) is 2.32. The Morgan fingerprint density at radius 3 is 2.77 bits per heavy atom.